The number of anilines is 3. The predicted molar refractivity (Wildman–Crippen MR) is 68.0 cm³/mol. The number of hydrogen-bond donors (Lipinski definition) is 2. The van der Waals surface area contributed by atoms with Crippen LogP contribution >= 0.6 is 0 Å². The molecule has 0 amide bonds. The van der Waals surface area contributed by atoms with Crippen LogP contribution in [0.15, 0.2) is 36.5 Å². The van der Waals surface area contributed by atoms with Gasteiger partial charge in [-0.2, -0.15) is 4.98 Å². The van der Waals surface area contributed by atoms with Gasteiger partial charge in [0.2, 0.25) is 5.95 Å². The molecule has 0 fully saturated rings. The van der Waals surface area contributed by atoms with Gasteiger partial charge in [0, 0.05) is 13.2 Å². The molecule has 2 rings (SSSR count). The summed E-state index contributed by atoms with van der Waals surface area (Å²) < 4.78 is 40.8. The molecule has 0 saturated heterocycles. The number of benzene rings is 1. The maximum absolute atomic E-state index is 12.3. The van der Waals surface area contributed by atoms with Crippen LogP contribution in [0.25, 0.3) is 0 Å². The molecular weight excluding hydrogens is 273 g/mol. The Labute approximate surface area is 112 Å². The topological polar surface area (TPSA) is 59.1 Å². The summed E-state index contributed by atoms with van der Waals surface area (Å²) in [5.74, 6) is 0.372. The van der Waals surface area contributed by atoms with Crippen molar-refractivity contribution in [2.24, 2.45) is 0 Å². The van der Waals surface area contributed by atoms with Crippen molar-refractivity contribution in [2.45, 2.75) is 6.36 Å². The molecule has 5 nitrogen and oxygen atoms in total. The predicted octanol–water partition coefficient (Wildman–Crippen LogP) is 3.16. The van der Waals surface area contributed by atoms with Gasteiger partial charge in [0.1, 0.15) is 5.82 Å². The van der Waals surface area contributed by atoms with E-state index in [1.54, 1.807) is 13.1 Å². The highest BCUT2D eigenvalue weighted by Crippen LogP contribution is 2.31. The standard InChI is InChI=1S/C12H11F3N4O/c1-16-11-17-7-6-10(19-11)18-8-4-2-3-5-9(8)20-12(13,14)15/h2-7H,1H3,(H2,16,17,18,19). The van der Waals surface area contributed by atoms with E-state index in [0.717, 1.165) is 0 Å². The average molecular weight is 284 g/mol. The minimum Gasteiger partial charge on any atom is -0.404 e. The number of hydrogen-bond acceptors (Lipinski definition) is 5. The molecule has 0 bridgehead atoms. The summed E-state index contributed by atoms with van der Waals surface area (Å²) in [5.41, 5.74) is 0.158. The third-order valence-electron chi connectivity index (χ3n) is 2.25. The van der Waals surface area contributed by atoms with Crippen molar-refractivity contribution in [3.8, 4) is 5.75 Å². The van der Waals surface area contributed by atoms with Crippen LogP contribution in [-0.4, -0.2) is 23.4 Å². The zero-order chi connectivity index (χ0) is 14.6. The molecule has 2 N–H and O–H groups in total. The maximum atomic E-state index is 12.3. The van der Waals surface area contributed by atoms with Crippen LogP contribution in [0.5, 0.6) is 5.75 Å². The molecule has 0 spiro atoms. The van der Waals surface area contributed by atoms with Gasteiger partial charge in [-0.3, -0.25) is 0 Å². The molecule has 2 aromatic rings. The Bertz CT molecular complexity index is 589. The van der Waals surface area contributed by atoms with Gasteiger partial charge in [0.05, 0.1) is 5.69 Å². The number of ether oxygens (including phenoxy) is 1. The molecule has 8 heteroatoms. The van der Waals surface area contributed by atoms with Gasteiger partial charge in [-0.05, 0) is 18.2 Å². The highest BCUT2D eigenvalue weighted by Gasteiger charge is 2.32. The molecule has 0 aliphatic rings. The first-order valence-corrected chi connectivity index (χ1v) is 5.60. The molecular formula is C12H11F3N4O. The van der Waals surface area contributed by atoms with Gasteiger partial charge in [0.25, 0.3) is 0 Å². The normalized spacial score (nSPS) is 11.0. The number of para-hydroxylation sites is 2. The highest BCUT2D eigenvalue weighted by molar-refractivity contribution is 5.64. The summed E-state index contributed by atoms with van der Waals surface area (Å²) in [6.07, 6.45) is -3.27. The molecule has 106 valence electrons. The quantitative estimate of drug-likeness (QED) is 0.903. The smallest absolute Gasteiger partial charge is 0.404 e. The third-order valence-corrected chi connectivity index (χ3v) is 2.25. The number of nitrogens with zero attached hydrogens (tertiary/aromatic N) is 2. The first-order chi connectivity index (χ1) is 9.48. The van der Waals surface area contributed by atoms with E-state index in [1.807, 2.05) is 0 Å². The number of alkyl halides is 3. The van der Waals surface area contributed by atoms with Crippen molar-refractivity contribution in [2.75, 3.05) is 17.7 Å². The van der Waals surface area contributed by atoms with E-state index in [4.69, 9.17) is 0 Å². The second-order valence-electron chi connectivity index (χ2n) is 3.68. The fourth-order valence-corrected chi connectivity index (χ4v) is 1.47. The molecule has 0 atom stereocenters. The average Bonchev–Trinajstić information content (AvgIpc) is 2.40. The Balaban J connectivity index is 2.24. The minimum absolute atomic E-state index is 0.158. The second-order valence-corrected chi connectivity index (χ2v) is 3.68. The number of aromatic nitrogens is 2. The lowest BCUT2D eigenvalue weighted by atomic mass is 10.3. The van der Waals surface area contributed by atoms with Gasteiger partial charge in [-0.25, -0.2) is 4.98 Å². The Morgan fingerprint density at radius 1 is 1.15 bits per heavy atom. The molecule has 1 aromatic carbocycles. The van der Waals surface area contributed by atoms with E-state index in [-0.39, 0.29) is 11.4 Å². The summed E-state index contributed by atoms with van der Waals surface area (Å²) in [5, 5.41) is 5.49. The molecule has 1 heterocycles. The summed E-state index contributed by atoms with van der Waals surface area (Å²) in [6.45, 7) is 0. The van der Waals surface area contributed by atoms with Crippen LogP contribution in [0.2, 0.25) is 0 Å². The molecule has 0 unspecified atom stereocenters. The lowest BCUT2D eigenvalue weighted by Gasteiger charge is -2.14. The number of rotatable bonds is 4. The van der Waals surface area contributed by atoms with Crippen molar-refractivity contribution in [1.82, 2.24) is 9.97 Å². The van der Waals surface area contributed by atoms with Crippen molar-refractivity contribution in [3.63, 3.8) is 0 Å². The Morgan fingerprint density at radius 2 is 1.90 bits per heavy atom. The first-order valence-electron chi connectivity index (χ1n) is 5.60. The lowest BCUT2D eigenvalue weighted by molar-refractivity contribution is -0.274. The van der Waals surface area contributed by atoms with Crippen LogP contribution < -0.4 is 15.4 Å². The van der Waals surface area contributed by atoms with Crippen LogP contribution in [0.3, 0.4) is 0 Å². The van der Waals surface area contributed by atoms with Gasteiger partial charge >= 0.3 is 6.36 Å². The van der Waals surface area contributed by atoms with E-state index < -0.39 is 6.36 Å². The SMILES string of the molecule is CNc1nccc(Nc2ccccc2OC(F)(F)F)n1. The fraction of sp³-hybridized carbons (Fsp3) is 0.167. The van der Waals surface area contributed by atoms with E-state index in [9.17, 15) is 13.2 Å². The molecule has 0 aliphatic heterocycles. The Kier molecular flexibility index (Phi) is 3.92. The second kappa shape index (κ2) is 5.64. The van der Waals surface area contributed by atoms with Gasteiger partial charge in [0.15, 0.2) is 5.75 Å². The van der Waals surface area contributed by atoms with Gasteiger partial charge < -0.3 is 15.4 Å². The van der Waals surface area contributed by atoms with Crippen molar-refractivity contribution < 1.29 is 17.9 Å². The first kappa shape index (κ1) is 13.9. The van der Waals surface area contributed by atoms with E-state index >= 15 is 0 Å². The van der Waals surface area contributed by atoms with Crippen LogP contribution in [0.1, 0.15) is 0 Å². The highest BCUT2D eigenvalue weighted by atomic mass is 19.4. The van der Waals surface area contributed by atoms with Gasteiger partial charge in [-0.15, -0.1) is 13.2 Å². The van der Waals surface area contributed by atoms with Crippen molar-refractivity contribution in [1.29, 1.82) is 0 Å². The van der Waals surface area contributed by atoms with E-state index in [0.29, 0.717) is 11.8 Å². The monoisotopic (exact) mass is 284 g/mol. The third kappa shape index (κ3) is 3.74. The molecule has 0 saturated carbocycles. The zero-order valence-corrected chi connectivity index (χ0v) is 10.4. The number of halogens is 3. The zero-order valence-electron chi connectivity index (χ0n) is 10.4. The lowest BCUT2D eigenvalue weighted by Crippen LogP contribution is -2.17. The van der Waals surface area contributed by atoms with E-state index in [2.05, 4.69) is 25.3 Å². The molecule has 0 radical (unpaired) electrons. The fourth-order valence-electron chi connectivity index (χ4n) is 1.47. The van der Waals surface area contributed by atoms with Crippen LogP contribution in [0, 0.1) is 0 Å². The van der Waals surface area contributed by atoms with Crippen molar-refractivity contribution in [3.05, 3.63) is 36.5 Å². The van der Waals surface area contributed by atoms with Crippen LogP contribution in [0.4, 0.5) is 30.6 Å². The largest absolute Gasteiger partial charge is 0.573 e. The summed E-state index contributed by atoms with van der Waals surface area (Å²) in [6, 6.07) is 7.25. The summed E-state index contributed by atoms with van der Waals surface area (Å²) >= 11 is 0. The van der Waals surface area contributed by atoms with Crippen molar-refractivity contribution >= 4 is 17.5 Å². The van der Waals surface area contributed by atoms with E-state index in [1.165, 1.54) is 30.5 Å². The summed E-state index contributed by atoms with van der Waals surface area (Å²) in [4.78, 5) is 7.96. The molecule has 0 aliphatic carbocycles. The summed E-state index contributed by atoms with van der Waals surface area (Å²) in [7, 11) is 1.64. The Morgan fingerprint density at radius 3 is 2.60 bits per heavy atom. The Hall–Kier alpha value is -2.51. The van der Waals surface area contributed by atoms with Gasteiger partial charge in [-0.1, -0.05) is 12.1 Å². The number of nitrogens with one attached hydrogen (secondary N) is 2. The molecule has 1 aromatic heterocycles. The minimum atomic E-state index is -4.75. The molecule has 20 heavy (non-hydrogen) atoms. The maximum Gasteiger partial charge on any atom is 0.573 e. The van der Waals surface area contributed by atoms with Crippen LogP contribution in [-0.2, 0) is 0 Å².